The molecule has 0 aromatic carbocycles. The largest absolute Gasteiger partial charge is 0.369 e. The Morgan fingerprint density at radius 3 is 2.73 bits per heavy atom. The van der Waals surface area contributed by atoms with Crippen LogP contribution in [-0.2, 0) is 0 Å². The Kier molecular flexibility index (Phi) is 5.05. The molecule has 3 nitrogen and oxygen atoms in total. The highest BCUT2D eigenvalue weighted by molar-refractivity contribution is 9.10. The molecule has 0 fully saturated rings. The summed E-state index contributed by atoms with van der Waals surface area (Å²) in [6, 6.07) is 2.57. The fraction of sp³-hybridized carbons (Fsp3) is 0.545. The molecule has 0 amide bonds. The Morgan fingerprint density at radius 1 is 1.40 bits per heavy atom. The molecule has 0 atom stereocenters. The molecule has 1 aromatic rings. The van der Waals surface area contributed by atoms with E-state index in [1.807, 2.05) is 12.3 Å². The fourth-order valence-corrected chi connectivity index (χ4v) is 1.40. The number of halogens is 1. The predicted octanol–water partition coefficient (Wildman–Crippen LogP) is 2.56. The van der Waals surface area contributed by atoms with Crippen molar-refractivity contribution in [3.05, 3.63) is 22.3 Å². The summed E-state index contributed by atoms with van der Waals surface area (Å²) in [6.07, 6.45) is 1.83. The lowest BCUT2D eigenvalue weighted by Gasteiger charge is -2.10. The van der Waals surface area contributed by atoms with E-state index >= 15 is 0 Å². The van der Waals surface area contributed by atoms with E-state index < -0.39 is 0 Å². The Balaban J connectivity index is 2.35. The van der Waals surface area contributed by atoms with Crippen molar-refractivity contribution >= 4 is 21.7 Å². The Labute approximate surface area is 99.8 Å². The van der Waals surface area contributed by atoms with Gasteiger partial charge in [0, 0.05) is 29.8 Å². The molecule has 15 heavy (non-hydrogen) atoms. The first-order valence-corrected chi connectivity index (χ1v) is 5.98. The van der Waals surface area contributed by atoms with Gasteiger partial charge in [-0.25, -0.2) is 4.98 Å². The highest BCUT2D eigenvalue weighted by Gasteiger charge is 1.98. The third kappa shape index (κ3) is 4.62. The third-order valence-corrected chi connectivity index (χ3v) is 2.86. The second kappa shape index (κ2) is 6.08. The molecule has 0 radical (unpaired) electrons. The van der Waals surface area contributed by atoms with Crippen molar-refractivity contribution in [1.29, 1.82) is 0 Å². The lowest BCUT2D eigenvalue weighted by Crippen LogP contribution is -2.28. The van der Waals surface area contributed by atoms with Crippen LogP contribution in [0.1, 0.15) is 19.4 Å². The zero-order valence-electron chi connectivity index (χ0n) is 9.47. The standard InChI is InChI=1S/C11H18BrN3/c1-8(2)13-4-5-14-11-6-9(3)10(12)7-15-11/h6-8,13H,4-5H2,1-3H3,(H,14,15). The van der Waals surface area contributed by atoms with Gasteiger partial charge in [0.25, 0.3) is 0 Å². The number of hydrogen-bond donors (Lipinski definition) is 2. The number of nitrogens with zero attached hydrogens (tertiary/aromatic N) is 1. The number of aromatic nitrogens is 1. The molecule has 2 N–H and O–H groups in total. The Morgan fingerprint density at radius 2 is 2.13 bits per heavy atom. The van der Waals surface area contributed by atoms with Gasteiger partial charge in [0.15, 0.2) is 0 Å². The Hall–Kier alpha value is -0.610. The van der Waals surface area contributed by atoms with Gasteiger partial charge < -0.3 is 10.6 Å². The van der Waals surface area contributed by atoms with Crippen LogP contribution < -0.4 is 10.6 Å². The summed E-state index contributed by atoms with van der Waals surface area (Å²) < 4.78 is 1.05. The summed E-state index contributed by atoms with van der Waals surface area (Å²) in [5.41, 5.74) is 1.20. The van der Waals surface area contributed by atoms with Crippen molar-refractivity contribution in [1.82, 2.24) is 10.3 Å². The average Bonchev–Trinajstić information content (AvgIpc) is 2.18. The van der Waals surface area contributed by atoms with E-state index in [-0.39, 0.29) is 0 Å². The minimum absolute atomic E-state index is 0.534. The highest BCUT2D eigenvalue weighted by atomic mass is 79.9. The number of anilines is 1. The first-order chi connectivity index (χ1) is 7.09. The van der Waals surface area contributed by atoms with Gasteiger partial charge in [0.05, 0.1) is 0 Å². The summed E-state index contributed by atoms with van der Waals surface area (Å²) in [4.78, 5) is 4.27. The fourth-order valence-electron chi connectivity index (χ4n) is 1.19. The van der Waals surface area contributed by atoms with Gasteiger partial charge in [-0.2, -0.15) is 0 Å². The maximum absolute atomic E-state index is 4.27. The molecule has 1 heterocycles. The van der Waals surface area contributed by atoms with Crippen molar-refractivity contribution in [3.8, 4) is 0 Å². The molecular weight excluding hydrogens is 254 g/mol. The van der Waals surface area contributed by atoms with E-state index in [4.69, 9.17) is 0 Å². The lowest BCUT2D eigenvalue weighted by molar-refractivity contribution is 0.602. The SMILES string of the molecule is Cc1cc(NCCNC(C)C)ncc1Br. The first kappa shape index (κ1) is 12.5. The van der Waals surface area contributed by atoms with E-state index in [1.54, 1.807) is 0 Å². The minimum Gasteiger partial charge on any atom is -0.369 e. The molecule has 0 unspecified atom stereocenters. The molecule has 4 heteroatoms. The molecule has 84 valence electrons. The Bertz CT molecular complexity index is 313. The van der Waals surface area contributed by atoms with Gasteiger partial charge in [-0.3, -0.25) is 0 Å². The van der Waals surface area contributed by atoms with Crippen LogP contribution in [0.15, 0.2) is 16.7 Å². The number of rotatable bonds is 5. The zero-order valence-corrected chi connectivity index (χ0v) is 11.1. The maximum Gasteiger partial charge on any atom is 0.126 e. The number of hydrogen-bond acceptors (Lipinski definition) is 3. The minimum atomic E-state index is 0.534. The first-order valence-electron chi connectivity index (χ1n) is 5.19. The molecule has 1 aromatic heterocycles. The molecule has 1 rings (SSSR count). The van der Waals surface area contributed by atoms with E-state index in [1.165, 1.54) is 5.56 Å². The van der Waals surface area contributed by atoms with Crippen molar-refractivity contribution in [2.24, 2.45) is 0 Å². The average molecular weight is 272 g/mol. The van der Waals surface area contributed by atoms with Crippen LogP contribution in [-0.4, -0.2) is 24.1 Å². The van der Waals surface area contributed by atoms with Gasteiger partial charge in [-0.15, -0.1) is 0 Å². The molecule has 0 bridgehead atoms. The summed E-state index contributed by atoms with van der Waals surface area (Å²) in [6.45, 7) is 8.19. The second-order valence-corrected chi connectivity index (χ2v) is 4.71. The normalized spacial score (nSPS) is 10.7. The zero-order chi connectivity index (χ0) is 11.3. The van der Waals surface area contributed by atoms with Crippen LogP contribution in [0.5, 0.6) is 0 Å². The summed E-state index contributed by atoms with van der Waals surface area (Å²) >= 11 is 3.43. The molecule has 0 spiro atoms. The van der Waals surface area contributed by atoms with E-state index in [2.05, 4.69) is 52.3 Å². The van der Waals surface area contributed by atoms with Crippen molar-refractivity contribution in [2.75, 3.05) is 18.4 Å². The molecule has 0 aliphatic rings. The van der Waals surface area contributed by atoms with E-state index in [0.717, 1.165) is 23.4 Å². The van der Waals surface area contributed by atoms with Gasteiger partial charge >= 0.3 is 0 Å². The quantitative estimate of drug-likeness (QED) is 0.809. The highest BCUT2D eigenvalue weighted by Crippen LogP contribution is 2.16. The van der Waals surface area contributed by atoms with Crippen LogP contribution in [0.2, 0.25) is 0 Å². The topological polar surface area (TPSA) is 37.0 Å². The summed E-state index contributed by atoms with van der Waals surface area (Å²) in [7, 11) is 0. The van der Waals surface area contributed by atoms with Crippen molar-refractivity contribution < 1.29 is 0 Å². The van der Waals surface area contributed by atoms with Gasteiger partial charge in [0.2, 0.25) is 0 Å². The van der Waals surface area contributed by atoms with Gasteiger partial charge in [-0.05, 0) is 34.5 Å². The van der Waals surface area contributed by atoms with Crippen LogP contribution >= 0.6 is 15.9 Å². The van der Waals surface area contributed by atoms with Gasteiger partial charge in [-0.1, -0.05) is 13.8 Å². The molecular formula is C11H18BrN3. The monoisotopic (exact) mass is 271 g/mol. The molecule has 0 aliphatic carbocycles. The van der Waals surface area contributed by atoms with Crippen LogP contribution in [0.3, 0.4) is 0 Å². The molecule has 0 aliphatic heterocycles. The van der Waals surface area contributed by atoms with Gasteiger partial charge in [0.1, 0.15) is 5.82 Å². The van der Waals surface area contributed by atoms with Crippen LogP contribution in [0, 0.1) is 6.92 Å². The predicted molar refractivity (Wildman–Crippen MR) is 68.3 cm³/mol. The smallest absolute Gasteiger partial charge is 0.126 e. The van der Waals surface area contributed by atoms with Crippen molar-refractivity contribution in [2.45, 2.75) is 26.8 Å². The van der Waals surface area contributed by atoms with Crippen LogP contribution in [0.4, 0.5) is 5.82 Å². The lowest BCUT2D eigenvalue weighted by atomic mass is 10.3. The van der Waals surface area contributed by atoms with E-state index in [9.17, 15) is 0 Å². The number of pyridine rings is 1. The summed E-state index contributed by atoms with van der Waals surface area (Å²) in [5.74, 6) is 0.932. The van der Waals surface area contributed by atoms with Crippen molar-refractivity contribution in [3.63, 3.8) is 0 Å². The van der Waals surface area contributed by atoms with Crippen LogP contribution in [0.25, 0.3) is 0 Å². The summed E-state index contributed by atoms with van der Waals surface area (Å²) in [5, 5.41) is 6.62. The maximum atomic E-state index is 4.27. The number of aryl methyl sites for hydroxylation is 1. The van der Waals surface area contributed by atoms with E-state index in [0.29, 0.717) is 6.04 Å². The molecule has 0 saturated carbocycles. The molecule has 0 saturated heterocycles. The second-order valence-electron chi connectivity index (χ2n) is 3.85. The number of nitrogens with one attached hydrogen (secondary N) is 2. The third-order valence-electron chi connectivity index (χ3n) is 2.03.